The number of para-hydroxylation sites is 2. The Morgan fingerprint density at radius 2 is 1.50 bits per heavy atom. The topological polar surface area (TPSA) is 60.9 Å². The first-order chi connectivity index (χ1) is 15.3. The molecule has 0 spiro atoms. The minimum atomic E-state index is -3.94. The van der Waals surface area contributed by atoms with Gasteiger partial charge >= 0.3 is 0 Å². The number of hydrogen-bond acceptors (Lipinski definition) is 4. The molecule has 1 amide bonds. The monoisotopic (exact) mass is 449 g/mol. The number of carbonyl (C=O) groups excluding carboxylic acids is 1. The Labute approximate surface area is 189 Å². The van der Waals surface area contributed by atoms with Crippen molar-refractivity contribution in [3.63, 3.8) is 0 Å². The molecule has 3 aromatic rings. The highest BCUT2D eigenvalue weighted by atomic mass is 32.2. The number of amides is 1. The first kappa shape index (κ1) is 21.9. The van der Waals surface area contributed by atoms with Gasteiger partial charge in [-0.3, -0.25) is 9.69 Å². The highest BCUT2D eigenvalue weighted by Gasteiger charge is 2.46. The van der Waals surface area contributed by atoms with Crippen LogP contribution in [0.25, 0.3) is 0 Å². The summed E-state index contributed by atoms with van der Waals surface area (Å²) < 4.78 is 29.2. The van der Waals surface area contributed by atoms with Gasteiger partial charge in [0, 0.05) is 26.2 Å². The summed E-state index contributed by atoms with van der Waals surface area (Å²) in [4.78, 5) is 16.9. The molecule has 6 nitrogen and oxygen atoms in total. The van der Waals surface area contributed by atoms with E-state index in [1.54, 1.807) is 54.3 Å². The molecule has 4 rings (SSSR count). The van der Waals surface area contributed by atoms with E-state index in [1.807, 2.05) is 56.3 Å². The van der Waals surface area contributed by atoms with E-state index in [0.29, 0.717) is 11.4 Å². The largest absolute Gasteiger partial charge is 0.378 e. The van der Waals surface area contributed by atoms with Crippen LogP contribution in [0.2, 0.25) is 0 Å². The second kappa shape index (κ2) is 8.31. The molecular weight excluding hydrogens is 422 g/mol. The molecule has 32 heavy (non-hydrogen) atoms. The van der Waals surface area contributed by atoms with E-state index >= 15 is 0 Å². The third kappa shape index (κ3) is 3.62. The number of nitrogens with zero attached hydrogens (tertiary/aromatic N) is 3. The maximum Gasteiger partial charge on any atom is 0.266 e. The SMILES string of the molecule is CCC(=O)N1c2ccccc2N(S(=O)(=O)c2ccc(C)cc2)[C@H]1c1ccc(N(C)C)cc1. The molecule has 0 bridgehead atoms. The van der Waals surface area contributed by atoms with Gasteiger partial charge in [0.2, 0.25) is 5.91 Å². The van der Waals surface area contributed by atoms with Crippen LogP contribution < -0.4 is 14.1 Å². The molecule has 1 atom stereocenters. The van der Waals surface area contributed by atoms with Gasteiger partial charge < -0.3 is 4.90 Å². The van der Waals surface area contributed by atoms with Gasteiger partial charge in [-0.25, -0.2) is 12.7 Å². The maximum atomic E-state index is 13.9. The smallest absolute Gasteiger partial charge is 0.266 e. The maximum absolute atomic E-state index is 13.9. The lowest BCUT2D eigenvalue weighted by atomic mass is 10.1. The summed E-state index contributed by atoms with van der Waals surface area (Å²) in [6, 6.07) is 21.6. The molecular formula is C25H27N3O3S. The fourth-order valence-corrected chi connectivity index (χ4v) is 5.58. The van der Waals surface area contributed by atoms with E-state index in [1.165, 1.54) is 4.31 Å². The van der Waals surface area contributed by atoms with Crippen molar-refractivity contribution in [2.24, 2.45) is 0 Å². The lowest BCUT2D eigenvalue weighted by Gasteiger charge is -2.32. The molecule has 0 radical (unpaired) electrons. The third-order valence-electron chi connectivity index (χ3n) is 5.70. The predicted octanol–water partition coefficient (Wildman–Crippen LogP) is 4.71. The quantitative estimate of drug-likeness (QED) is 0.566. The molecule has 0 fully saturated rings. The first-order valence-electron chi connectivity index (χ1n) is 10.5. The third-order valence-corrected chi connectivity index (χ3v) is 7.48. The van der Waals surface area contributed by atoms with E-state index in [9.17, 15) is 13.2 Å². The molecule has 7 heteroatoms. The average Bonchev–Trinajstić information content (AvgIpc) is 3.15. The van der Waals surface area contributed by atoms with Crippen molar-refractivity contribution in [1.29, 1.82) is 0 Å². The molecule has 0 N–H and O–H groups in total. The predicted molar refractivity (Wildman–Crippen MR) is 129 cm³/mol. The van der Waals surface area contributed by atoms with Gasteiger partial charge in [0.05, 0.1) is 16.3 Å². The zero-order valence-corrected chi connectivity index (χ0v) is 19.5. The second-order valence-electron chi connectivity index (χ2n) is 8.08. The number of benzene rings is 3. The molecule has 0 unspecified atom stereocenters. The molecule has 1 aliphatic rings. The van der Waals surface area contributed by atoms with Crippen molar-refractivity contribution < 1.29 is 13.2 Å². The lowest BCUT2D eigenvalue weighted by molar-refractivity contribution is -0.118. The van der Waals surface area contributed by atoms with Crippen LogP contribution in [-0.4, -0.2) is 28.4 Å². The Bertz CT molecular complexity index is 1240. The van der Waals surface area contributed by atoms with Gasteiger partial charge in [-0.05, 0) is 48.9 Å². The summed E-state index contributed by atoms with van der Waals surface area (Å²) in [5.41, 5.74) is 3.78. The minimum Gasteiger partial charge on any atom is -0.378 e. The second-order valence-corrected chi connectivity index (χ2v) is 9.89. The van der Waals surface area contributed by atoms with Crippen molar-refractivity contribution in [2.45, 2.75) is 31.3 Å². The van der Waals surface area contributed by atoms with Crippen LogP contribution in [-0.2, 0) is 14.8 Å². The molecule has 0 aromatic heterocycles. The van der Waals surface area contributed by atoms with Crippen LogP contribution in [0.3, 0.4) is 0 Å². The molecule has 0 saturated carbocycles. The van der Waals surface area contributed by atoms with Crippen LogP contribution in [0.5, 0.6) is 0 Å². The zero-order chi connectivity index (χ0) is 23.0. The minimum absolute atomic E-state index is 0.138. The number of aryl methyl sites for hydroxylation is 1. The number of carbonyl (C=O) groups is 1. The van der Waals surface area contributed by atoms with Crippen molar-refractivity contribution in [3.8, 4) is 0 Å². The fraction of sp³-hybridized carbons (Fsp3) is 0.240. The van der Waals surface area contributed by atoms with Gasteiger partial charge in [0.1, 0.15) is 6.17 Å². The number of sulfonamides is 1. The summed E-state index contributed by atoms with van der Waals surface area (Å²) >= 11 is 0. The highest BCUT2D eigenvalue weighted by Crippen LogP contribution is 2.49. The zero-order valence-electron chi connectivity index (χ0n) is 18.7. The van der Waals surface area contributed by atoms with Crippen molar-refractivity contribution in [2.75, 3.05) is 28.2 Å². The van der Waals surface area contributed by atoms with Crippen LogP contribution >= 0.6 is 0 Å². The van der Waals surface area contributed by atoms with Crippen LogP contribution in [0.4, 0.5) is 17.1 Å². The average molecular weight is 450 g/mol. The Balaban J connectivity index is 1.93. The fourth-order valence-electron chi connectivity index (χ4n) is 3.98. The Kier molecular flexibility index (Phi) is 5.69. The summed E-state index contributed by atoms with van der Waals surface area (Å²) in [6.45, 7) is 3.70. The van der Waals surface area contributed by atoms with Gasteiger partial charge in [-0.1, -0.05) is 48.9 Å². The van der Waals surface area contributed by atoms with Crippen molar-refractivity contribution >= 4 is 33.0 Å². The molecule has 0 saturated heterocycles. The van der Waals surface area contributed by atoms with Gasteiger partial charge in [0.15, 0.2) is 0 Å². The summed E-state index contributed by atoms with van der Waals surface area (Å²) in [7, 11) is -0.0464. The van der Waals surface area contributed by atoms with Gasteiger partial charge in [-0.2, -0.15) is 0 Å². The van der Waals surface area contributed by atoms with E-state index in [0.717, 1.165) is 16.8 Å². The summed E-state index contributed by atoms with van der Waals surface area (Å²) in [5.74, 6) is -0.138. The first-order valence-corrected chi connectivity index (χ1v) is 12.0. The van der Waals surface area contributed by atoms with Crippen LogP contribution in [0.15, 0.2) is 77.7 Å². The van der Waals surface area contributed by atoms with Crippen molar-refractivity contribution in [3.05, 3.63) is 83.9 Å². The Hall–Kier alpha value is -3.32. The highest BCUT2D eigenvalue weighted by molar-refractivity contribution is 7.92. The molecule has 1 aliphatic heterocycles. The van der Waals surface area contributed by atoms with Crippen molar-refractivity contribution in [1.82, 2.24) is 0 Å². The van der Waals surface area contributed by atoms with E-state index in [4.69, 9.17) is 0 Å². The number of rotatable bonds is 5. The van der Waals surface area contributed by atoms with Gasteiger partial charge in [-0.15, -0.1) is 0 Å². The number of fused-ring (bicyclic) bond motifs is 1. The van der Waals surface area contributed by atoms with Crippen LogP contribution in [0, 0.1) is 6.92 Å². The van der Waals surface area contributed by atoms with Crippen LogP contribution in [0.1, 0.15) is 30.6 Å². The van der Waals surface area contributed by atoms with E-state index in [-0.39, 0.29) is 17.2 Å². The standard InChI is InChI=1S/C25H27N3O3S/c1-5-24(29)27-22-8-6-7-9-23(22)28(32(30,31)21-16-10-18(2)11-17-21)25(27)19-12-14-20(15-13-19)26(3)4/h6-17,25H,5H2,1-4H3/t25-/m0/s1. The van der Waals surface area contributed by atoms with E-state index < -0.39 is 16.2 Å². The molecule has 0 aliphatic carbocycles. The molecule has 3 aromatic carbocycles. The Morgan fingerprint density at radius 1 is 0.906 bits per heavy atom. The van der Waals surface area contributed by atoms with E-state index in [2.05, 4.69) is 0 Å². The molecule has 1 heterocycles. The lowest BCUT2D eigenvalue weighted by Crippen LogP contribution is -2.42. The number of hydrogen-bond donors (Lipinski definition) is 0. The summed E-state index contributed by atoms with van der Waals surface area (Å²) in [5, 5.41) is 0. The Morgan fingerprint density at radius 3 is 2.06 bits per heavy atom. The summed E-state index contributed by atoms with van der Waals surface area (Å²) in [6.07, 6.45) is -0.540. The molecule has 166 valence electrons. The van der Waals surface area contributed by atoms with Gasteiger partial charge in [0.25, 0.3) is 10.0 Å². The normalized spacial score (nSPS) is 15.6. The number of anilines is 3.